The maximum atomic E-state index is 13.7. The van der Waals surface area contributed by atoms with Crippen molar-refractivity contribution in [1.29, 1.82) is 0 Å². The van der Waals surface area contributed by atoms with E-state index >= 15 is 0 Å². The zero-order chi connectivity index (χ0) is 23.4. The van der Waals surface area contributed by atoms with E-state index in [4.69, 9.17) is 4.74 Å². The standard InChI is InChI=1S/C22H25F2N7O3/c23-19(24)18-16(9-30(28-18)12-4-2-1-3-5-12)26-22(33)15-7-25-31-10-17(32)21(27-20(15)31)29-8-14-6-13(29)11-34-14/h7,9-10,12-14,19,32H,1-6,8,11H2,(H,26,33). The lowest BCUT2D eigenvalue weighted by Crippen LogP contribution is -2.37. The fourth-order valence-corrected chi connectivity index (χ4v) is 5.31. The molecule has 3 fully saturated rings. The molecule has 180 valence electrons. The molecular weight excluding hydrogens is 448 g/mol. The highest BCUT2D eigenvalue weighted by molar-refractivity contribution is 6.08. The zero-order valence-corrected chi connectivity index (χ0v) is 18.4. The van der Waals surface area contributed by atoms with Gasteiger partial charge in [0.2, 0.25) is 0 Å². The second-order valence-corrected chi connectivity index (χ2v) is 9.23. The minimum Gasteiger partial charge on any atom is -0.503 e. The predicted molar refractivity (Wildman–Crippen MR) is 117 cm³/mol. The monoisotopic (exact) mass is 473 g/mol. The largest absolute Gasteiger partial charge is 0.503 e. The van der Waals surface area contributed by atoms with Crippen LogP contribution in [0.2, 0.25) is 0 Å². The maximum Gasteiger partial charge on any atom is 0.284 e. The summed E-state index contributed by atoms with van der Waals surface area (Å²) in [5.74, 6) is -0.310. The Morgan fingerprint density at radius 3 is 2.74 bits per heavy atom. The minimum atomic E-state index is -2.82. The third-order valence-electron chi connectivity index (χ3n) is 7.04. The molecule has 0 aromatic carbocycles. The van der Waals surface area contributed by atoms with Gasteiger partial charge in [-0.1, -0.05) is 19.3 Å². The molecule has 3 aromatic heterocycles. The van der Waals surface area contributed by atoms with Crippen molar-refractivity contribution in [2.75, 3.05) is 23.4 Å². The van der Waals surface area contributed by atoms with Crippen LogP contribution in [0.4, 0.5) is 20.3 Å². The normalized spacial score (nSPS) is 22.9. The number of rotatable bonds is 5. The van der Waals surface area contributed by atoms with Crippen molar-refractivity contribution >= 4 is 23.1 Å². The van der Waals surface area contributed by atoms with Crippen molar-refractivity contribution in [1.82, 2.24) is 24.4 Å². The number of aromatic nitrogens is 5. The van der Waals surface area contributed by atoms with Gasteiger partial charge in [0.05, 0.1) is 42.9 Å². The Hall–Kier alpha value is -3.28. The lowest BCUT2D eigenvalue weighted by Gasteiger charge is -2.28. The Morgan fingerprint density at radius 2 is 2.03 bits per heavy atom. The van der Waals surface area contributed by atoms with Crippen LogP contribution in [-0.4, -0.2) is 60.7 Å². The molecule has 0 radical (unpaired) electrons. The third kappa shape index (κ3) is 3.56. The van der Waals surface area contributed by atoms with Gasteiger partial charge >= 0.3 is 0 Å². The van der Waals surface area contributed by atoms with E-state index in [0.29, 0.717) is 19.0 Å². The third-order valence-corrected chi connectivity index (χ3v) is 7.04. The van der Waals surface area contributed by atoms with Gasteiger partial charge in [-0.2, -0.15) is 10.2 Å². The van der Waals surface area contributed by atoms with Crippen molar-refractivity contribution in [3.63, 3.8) is 0 Å². The highest BCUT2D eigenvalue weighted by Gasteiger charge is 2.41. The summed E-state index contributed by atoms with van der Waals surface area (Å²) < 4.78 is 35.9. The molecule has 2 N–H and O–H groups in total. The van der Waals surface area contributed by atoms with E-state index in [1.165, 1.54) is 23.1 Å². The smallest absolute Gasteiger partial charge is 0.284 e. The van der Waals surface area contributed by atoms with Crippen LogP contribution in [0.5, 0.6) is 5.75 Å². The van der Waals surface area contributed by atoms with E-state index in [0.717, 1.165) is 38.5 Å². The number of alkyl halides is 2. The molecule has 5 heterocycles. The van der Waals surface area contributed by atoms with Crippen LogP contribution in [0.15, 0.2) is 18.6 Å². The fraction of sp³-hybridized carbons (Fsp3) is 0.545. The molecule has 1 saturated carbocycles. The number of nitrogens with one attached hydrogen (secondary N) is 1. The maximum absolute atomic E-state index is 13.7. The lowest BCUT2D eigenvalue weighted by molar-refractivity contribution is 0.0986. The number of ether oxygens (including phenoxy) is 1. The molecule has 2 bridgehead atoms. The first-order valence-corrected chi connectivity index (χ1v) is 11.6. The SMILES string of the molecule is O=C(Nc1cn(C2CCCCC2)nc1C(F)F)c1cnn2cc(O)c(N3CC4CC3CO4)nc12. The summed E-state index contributed by atoms with van der Waals surface area (Å²) in [5, 5.41) is 21.3. The summed E-state index contributed by atoms with van der Waals surface area (Å²) in [6.07, 6.45) is 7.30. The summed E-state index contributed by atoms with van der Waals surface area (Å²) in [7, 11) is 0. The van der Waals surface area contributed by atoms with Crippen LogP contribution in [0.25, 0.3) is 5.65 Å². The van der Waals surface area contributed by atoms with Gasteiger partial charge in [-0.15, -0.1) is 0 Å². The van der Waals surface area contributed by atoms with E-state index in [9.17, 15) is 18.7 Å². The Bertz CT molecular complexity index is 1240. The van der Waals surface area contributed by atoms with Crippen molar-refractivity contribution in [2.24, 2.45) is 0 Å². The van der Waals surface area contributed by atoms with Crippen LogP contribution in [-0.2, 0) is 4.74 Å². The van der Waals surface area contributed by atoms with Gasteiger partial charge in [-0.25, -0.2) is 18.3 Å². The highest BCUT2D eigenvalue weighted by Crippen LogP contribution is 2.37. The van der Waals surface area contributed by atoms with E-state index in [-0.39, 0.29) is 40.8 Å². The van der Waals surface area contributed by atoms with Crippen LogP contribution in [0, 0.1) is 0 Å². The molecule has 6 rings (SSSR count). The van der Waals surface area contributed by atoms with Crippen LogP contribution in [0.3, 0.4) is 0 Å². The first-order chi connectivity index (χ1) is 16.5. The lowest BCUT2D eigenvalue weighted by atomic mass is 9.96. The summed E-state index contributed by atoms with van der Waals surface area (Å²) in [6, 6.07) is 0.172. The summed E-state index contributed by atoms with van der Waals surface area (Å²) >= 11 is 0. The van der Waals surface area contributed by atoms with Gasteiger partial charge in [-0.3, -0.25) is 9.48 Å². The number of carbonyl (C=O) groups is 1. The number of amides is 1. The second kappa shape index (κ2) is 8.19. The molecule has 12 heteroatoms. The average Bonchev–Trinajstić information content (AvgIpc) is 3.62. The molecule has 2 saturated heterocycles. The minimum absolute atomic E-state index is 0.0158. The molecule has 3 aromatic rings. The van der Waals surface area contributed by atoms with Crippen molar-refractivity contribution < 1.29 is 23.4 Å². The molecule has 3 aliphatic rings. The van der Waals surface area contributed by atoms with Gasteiger partial charge in [0.15, 0.2) is 22.9 Å². The van der Waals surface area contributed by atoms with Crippen LogP contribution < -0.4 is 10.2 Å². The number of anilines is 2. The van der Waals surface area contributed by atoms with Gasteiger partial charge in [0.1, 0.15) is 5.56 Å². The van der Waals surface area contributed by atoms with E-state index in [2.05, 4.69) is 20.5 Å². The number of carbonyl (C=O) groups excluding carboxylic acids is 1. The number of hydrogen-bond acceptors (Lipinski definition) is 7. The topological polar surface area (TPSA) is 110 Å². The predicted octanol–water partition coefficient (Wildman–Crippen LogP) is 3.30. The summed E-state index contributed by atoms with van der Waals surface area (Å²) in [6.45, 7) is 1.17. The van der Waals surface area contributed by atoms with Crippen LogP contribution in [0.1, 0.15) is 67.0 Å². The highest BCUT2D eigenvalue weighted by atomic mass is 19.3. The van der Waals surface area contributed by atoms with Gasteiger partial charge < -0.3 is 20.1 Å². The quantitative estimate of drug-likeness (QED) is 0.585. The first kappa shape index (κ1) is 21.3. The summed E-state index contributed by atoms with van der Waals surface area (Å²) in [4.78, 5) is 19.6. The number of hydrogen-bond donors (Lipinski definition) is 2. The molecular formula is C22H25F2N7O3. The van der Waals surface area contributed by atoms with E-state index in [1.807, 2.05) is 4.90 Å². The van der Waals surface area contributed by atoms with Crippen molar-refractivity contribution in [2.45, 2.75) is 63.1 Å². The number of morpholine rings is 1. The Morgan fingerprint density at radius 1 is 1.21 bits per heavy atom. The second-order valence-electron chi connectivity index (χ2n) is 9.23. The van der Waals surface area contributed by atoms with E-state index < -0.39 is 18.0 Å². The zero-order valence-electron chi connectivity index (χ0n) is 18.4. The molecule has 10 nitrogen and oxygen atoms in total. The molecule has 2 atom stereocenters. The average molecular weight is 473 g/mol. The summed E-state index contributed by atoms with van der Waals surface area (Å²) in [5.41, 5.74) is -0.118. The van der Waals surface area contributed by atoms with Crippen molar-refractivity contribution in [3.8, 4) is 5.75 Å². The molecule has 2 aliphatic heterocycles. The fourth-order valence-electron chi connectivity index (χ4n) is 5.31. The van der Waals surface area contributed by atoms with Gasteiger partial charge in [0.25, 0.3) is 12.3 Å². The van der Waals surface area contributed by atoms with Gasteiger partial charge in [-0.05, 0) is 19.3 Å². The van der Waals surface area contributed by atoms with Crippen LogP contribution >= 0.6 is 0 Å². The number of halogens is 2. The molecule has 0 spiro atoms. The van der Waals surface area contributed by atoms with Gasteiger partial charge in [0, 0.05) is 12.7 Å². The molecule has 1 amide bonds. The first-order valence-electron chi connectivity index (χ1n) is 11.6. The molecule has 2 unspecified atom stereocenters. The van der Waals surface area contributed by atoms with Crippen molar-refractivity contribution in [3.05, 3.63) is 29.8 Å². The Labute approximate surface area is 193 Å². The number of aromatic hydroxyl groups is 1. The Balaban J connectivity index is 1.30. The Kier molecular flexibility index (Phi) is 5.12. The number of nitrogens with zero attached hydrogens (tertiary/aromatic N) is 6. The number of fused-ring (bicyclic) bond motifs is 3. The molecule has 1 aliphatic carbocycles. The van der Waals surface area contributed by atoms with E-state index in [1.54, 1.807) is 4.68 Å². The molecule has 34 heavy (non-hydrogen) atoms.